The number of esters is 1. The highest BCUT2D eigenvalue weighted by Crippen LogP contribution is 2.35. The second-order valence-electron chi connectivity index (χ2n) is 11.4. The van der Waals surface area contributed by atoms with Gasteiger partial charge in [0.15, 0.2) is 9.34 Å². The lowest BCUT2D eigenvalue weighted by atomic mass is 10.00. The summed E-state index contributed by atoms with van der Waals surface area (Å²) in [7, 11) is -4.13. The molecule has 3 fully saturated rings. The summed E-state index contributed by atoms with van der Waals surface area (Å²) in [6, 6.07) is 1.51. The summed E-state index contributed by atoms with van der Waals surface area (Å²) in [5.74, 6) is -1.91. The molecule has 17 heteroatoms. The molecule has 3 aliphatic rings. The molecule has 3 N–H and O–H groups in total. The quantitative estimate of drug-likeness (QED) is 0.291. The summed E-state index contributed by atoms with van der Waals surface area (Å²) in [4.78, 5) is 38.3. The molecule has 0 unspecified atom stereocenters. The van der Waals surface area contributed by atoms with Crippen LogP contribution in [-0.2, 0) is 30.8 Å². The Morgan fingerprint density at radius 1 is 1.16 bits per heavy atom. The number of pyridine rings is 1. The van der Waals surface area contributed by atoms with Crippen molar-refractivity contribution in [2.45, 2.75) is 61.2 Å². The maximum Gasteiger partial charge on any atom is 0.573 e. The number of carbonyl (C=O) groups excluding carboxylic acids is 2. The highest BCUT2D eigenvalue weighted by molar-refractivity contribution is 7.91. The maximum absolute atomic E-state index is 13.6. The van der Waals surface area contributed by atoms with Crippen molar-refractivity contribution < 1.29 is 40.7 Å². The van der Waals surface area contributed by atoms with Crippen molar-refractivity contribution in [1.29, 1.82) is 0 Å². The summed E-state index contributed by atoms with van der Waals surface area (Å²) in [5.41, 5.74) is 5.87. The van der Waals surface area contributed by atoms with Crippen molar-refractivity contribution in [2.75, 3.05) is 36.9 Å². The van der Waals surface area contributed by atoms with Crippen LogP contribution in [0, 0.1) is 5.92 Å². The van der Waals surface area contributed by atoms with E-state index < -0.39 is 46.1 Å². The van der Waals surface area contributed by atoms with E-state index in [0.717, 1.165) is 61.1 Å². The van der Waals surface area contributed by atoms with E-state index in [9.17, 15) is 31.2 Å². The normalized spacial score (nSPS) is 19.8. The zero-order chi connectivity index (χ0) is 31.9. The Morgan fingerprint density at radius 2 is 1.91 bits per heavy atom. The van der Waals surface area contributed by atoms with Gasteiger partial charge in [-0.3, -0.25) is 4.79 Å². The number of nitrogens with two attached hydrogens (primary N) is 1. The van der Waals surface area contributed by atoms with Gasteiger partial charge in [0.05, 0.1) is 12.8 Å². The third-order valence-corrected chi connectivity index (χ3v) is 11.1. The van der Waals surface area contributed by atoms with Crippen LogP contribution in [0.4, 0.5) is 24.1 Å². The summed E-state index contributed by atoms with van der Waals surface area (Å²) in [5, 5.41) is 1.25. The number of aromatic nitrogens is 2. The van der Waals surface area contributed by atoms with E-state index in [-0.39, 0.29) is 52.9 Å². The monoisotopic (exact) mass is 668 g/mol. The van der Waals surface area contributed by atoms with Crippen LogP contribution in [0.25, 0.3) is 10.8 Å². The van der Waals surface area contributed by atoms with Gasteiger partial charge in [0.25, 0.3) is 10.0 Å². The van der Waals surface area contributed by atoms with Crippen molar-refractivity contribution in [3.05, 3.63) is 36.2 Å². The molecule has 2 atom stereocenters. The molecule has 2 aliphatic heterocycles. The van der Waals surface area contributed by atoms with E-state index in [4.69, 9.17) is 10.5 Å². The number of halogens is 3. The lowest BCUT2D eigenvalue weighted by Crippen LogP contribution is -2.48. The maximum atomic E-state index is 13.6. The van der Waals surface area contributed by atoms with Gasteiger partial charge in [-0.1, -0.05) is 11.3 Å². The molecule has 45 heavy (non-hydrogen) atoms. The van der Waals surface area contributed by atoms with Gasteiger partial charge in [0.1, 0.15) is 23.7 Å². The number of hydrogen-bond acceptors (Lipinski definition) is 11. The molecule has 0 spiro atoms. The fourth-order valence-electron chi connectivity index (χ4n) is 5.56. The fourth-order valence-corrected chi connectivity index (χ4v) is 7.97. The molecular formula is C28H31F3N6O6S2. The first-order chi connectivity index (χ1) is 21.4. The number of amides is 1. The van der Waals surface area contributed by atoms with E-state index in [2.05, 4.69) is 19.4 Å². The lowest BCUT2D eigenvalue weighted by Gasteiger charge is -2.27. The predicted molar refractivity (Wildman–Crippen MR) is 158 cm³/mol. The molecule has 242 valence electrons. The van der Waals surface area contributed by atoms with Gasteiger partial charge >= 0.3 is 12.3 Å². The molecule has 1 saturated carbocycles. The third-order valence-electron chi connectivity index (χ3n) is 8.07. The van der Waals surface area contributed by atoms with Crippen LogP contribution in [0.5, 0.6) is 5.75 Å². The van der Waals surface area contributed by atoms with Crippen LogP contribution < -0.4 is 20.1 Å². The minimum atomic E-state index is -5.06. The van der Waals surface area contributed by atoms with E-state index in [1.165, 1.54) is 18.5 Å². The first kappa shape index (κ1) is 31.3. The Hall–Kier alpha value is -3.70. The topological polar surface area (TPSA) is 157 Å². The Balaban J connectivity index is 1.26. The van der Waals surface area contributed by atoms with Crippen molar-refractivity contribution in [3.63, 3.8) is 0 Å². The van der Waals surface area contributed by atoms with Gasteiger partial charge in [-0.05, 0) is 67.2 Å². The first-order valence-electron chi connectivity index (χ1n) is 14.5. The number of nitrogens with zero attached hydrogens (tertiary/aromatic N) is 4. The van der Waals surface area contributed by atoms with Gasteiger partial charge < -0.3 is 25.0 Å². The van der Waals surface area contributed by atoms with Crippen LogP contribution in [-0.4, -0.2) is 79.8 Å². The van der Waals surface area contributed by atoms with Crippen LogP contribution in [0.1, 0.15) is 37.7 Å². The lowest BCUT2D eigenvalue weighted by molar-refractivity contribution is -0.274. The number of hydrogen-bond donors (Lipinski definition) is 2. The molecule has 3 aromatic rings. The number of carbonyl (C=O) groups is 2. The van der Waals surface area contributed by atoms with Gasteiger partial charge in [-0.25, -0.2) is 23.2 Å². The van der Waals surface area contributed by atoms with Crippen molar-refractivity contribution >= 4 is 55.0 Å². The summed E-state index contributed by atoms with van der Waals surface area (Å²) < 4.78 is 78.9. The number of ether oxygens (including phenoxy) is 2. The van der Waals surface area contributed by atoms with E-state index in [0.29, 0.717) is 10.5 Å². The zero-order valence-corrected chi connectivity index (χ0v) is 25.6. The third kappa shape index (κ3) is 7.09. The van der Waals surface area contributed by atoms with E-state index in [1.54, 1.807) is 6.07 Å². The molecule has 1 aromatic carbocycles. The number of likely N-dealkylation sites (tertiary alicyclic amines) is 1. The Labute approximate surface area is 260 Å². The number of sulfonamides is 1. The van der Waals surface area contributed by atoms with Crippen LogP contribution in [0.15, 0.2) is 34.8 Å². The summed E-state index contributed by atoms with van der Waals surface area (Å²) in [6.45, 7) is 1.65. The van der Waals surface area contributed by atoms with Gasteiger partial charge in [0, 0.05) is 37.6 Å². The van der Waals surface area contributed by atoms with Gasteiger partial charge in [-0.2, -0.15) is 4.72 Å². The van der Waals surface area contributed by atoms with Gasteiger partial charge in [0.2, 0.25) is 5.91 Å². The van der Waals surface area contributed by atoms with Crippen LogP contribution in [0.2, 0.25) is 0 Å². The molecule has 2 saturated heterocycles. The number of benzene rings is 1. The standard InChI is InChI=1S/C28H31F3N6O6S2/c29-28(30,31)43-22-13-19-17(5-7-33-24(19)32)11-18(22)12-21(26(39)42-15-16-3-4-16)37-10-6-20(25(37)38)35-45(40,41)23-14-34-27(44-23)36-8-1-2-9-36/h5,7,11,13-14,16,20-21,35H,1-4,6,8-10,12,15H2,(H2,32,33)/t20-,21+/m0/s1. The average Bonchev–Trinajstić information content (AvgIpc) is 3.32. The Kier molecular flexibility index (Phi) is 8.51. The number of anilines is 2. The number of nitrogen functional groups attached to an aromatic ring is 1. The zero-order valence-electron chi connectivity index (χ0n) is 24.0. The molecule has 0 bridgehead atoms. The Bertz CT molecular complexity index is 1710. The average molecular weight is 669 g/mol. The fraction of sp³-hybridized carbons (Fsp3) is 0.500. The molecule has 12 nitrogen and oxygen atoms in total. The molecular weight excluding hydrogens is 637 g/mol. The molecule has 4 heterocycles. The highest BCUT2D eigenvalue weighted by Gasteiger charge is 2.43. The number of nitrogens with one attached hydrogen (secondary N) is 1. The molecule has 6 rings (SSSR count). The van der Waals surface area contributed by atoms with Crippen molar-refractivity contribution in [1.82, 2.24) is 19.6 Å². The largest absolute Gasteiger partial charge is 0.573 e. The molecule has 1 aliphatic carbocycles. The van der Waals surface area contributed by atoms with E-state index in [1.807, 2.05) is 4.90 Å². The number of thiazole rings is 1. The summed E-state index contributed by atoms with van der Waals surface area (Å²) >= 11 is 1.00. The smallest absolute Gasteiger partial charge is 0.464 e. The van der Waals surface area contributed by atoms with E-state index >= 15 is 0 Å². The number of rotatable bonds is 11. The first-order valence-corrected chi connectivity index (χ1v) is 16.8. The predicted octanol–water partition coefficient (Wildman–Crippen LogP) is 3.22. The minimum absolute atomic E-state index is 0.00944. The second kappa shape index (κ2) is 12.2. The second-order valence-corrected chi connectivity index (χ2v) is 14.3. The summed E-state index contributed by atoms with van der Waals surface area (Å²) in [6.07, 6.45) is 0.983. The SMILES string of the molecule is Nc1nccc2cc(C[C@H](C(=O)OCC3CC3)N3CC[C@H](NS(=O)(=O)c4cnc(N5CCCC5)s4)C3=O)c(OC(F)(F)F)cc12. The number of alkyl halides is 3. The Morgan fingerprint density at radius 3 is 2.62 bits per heavy atom. The van der Waals surface area contributed by atoms with Crippen LogP contribution in [0.3, 0.4) is 0 Å². The number of fused-ring (bicyclic) bond motifs is 1. The van der Waals surface area contributed by atoms with Crippen molar-refractivity contribution in [3.8, 4) is 5.75 Å². The van der Waals surface area contributed by atoms with Crippen molar-refractivity contribution in [2.24, 2.45) is 5.92 Å². The van der Waals surface area contributed by atoms with Crippen LogP contribution >= 0.6 is 11.3 Å². The molecule has 0 radical (unpaired) electrons. The highest BCUT2D eigenvalue weighted by atomic mass is 32.2. The molecule has 1 amide bonds. The molecule has 2 aromatic heterocycles. The minimum Gasteiger partial charge on any atom is -0.464 e. The van der Waals surface area contributed by atoms with Gasteiger partial charge in [-0.15, -0.1) is 13.2 Å².